The lowest BCUT2D eigenvalue weighted by atomic mass is 9.87. The fraction of sp³-hybridized carbons (Fsp3) is 0.562. The number of carbonyl (C=O) groups is 1. The minimum absolute atomic E-state index is 0.0534. The summed E-state index contributed by atoms with van der Waals surface area (Å²) in [6.45, 7) is 6.51. The molecule has 1 aliphatic rings. The largest absolute Gasteiger partial charge is 0.382 e. The number of hydrogen-bond acceptors (Lipinski definition) is 2. The van der Waals surface area contributed by atoms with Crippen LogP contribution in [0.5, 0.6) is 0 Å². The number of hydrogen-bond donors (Lipinski definition) is 2. The van der Waals surface area contributed by atoms with Gasteiger partial charge in [-0.2, -0.15) is 0 Å². The van der Waals surface area contributed by atoms with E-state index in [1.807, 2.05) is 31.2 Å². The number of anilines is 2. The normalized spacial score (nSPS) is 21.1. The van der Waals surface area contributed by atoms with Crippen molar-refractivity contribution in [2.45, 2.75) is 52.5 Å². The molecular formula is C16H24N2O. The molecule has 0 aromatic heterocycles. The molecular weight excluding hydrogens is 236 g/mol. The summed E-state index contributed by atoms with van der Waals surface area (Å²) in [6.07, 6.45) is 4.34. The first-order chi connectivity index (χ1) is 9.01. The summed E-state index contributed by atoms with van der Waals surface area (Å²) >= 11 is 0. The highest BCUT2D eigenvalue weighted by atomic mass is 16.1. The SMILES string of the molecule is CCC(=O)Nc1ccc(NC2CCCC2(C)C)cc1. The summed E-state index contributed by atoms with van der Waals surface area (Å²) in [7, 11) is 0. The molecule has 104 valence electrons. The smallest absolute Gasteiger partial charge is 0.224 e. The zero-order valence-corrected chi connectivity index (χ0v) is 12.1. The summed E-state index contributed by atoms with van der Waals surface area (Å²) in [5.41, 5.74) is 2.37. The molecule has 19 heavy (non-hydrogen) atoms. The predicted octanol–water partition coefficient (Wildman–Crippen LogP) is 4.03. The van der Waals surface area contributed by atoms with Gasteiger partial charge in [-0.3, -0.25) is 4.79 Å². The fourth-order valence-electron chi connectivity index (χ4n) is 2.69. The lowest BCUT2D eigenvalue weighted by Gasteiger charge is -2.28. The highest BCUT2D eigenvalue weighted by Gasteiger charge is 2.34. The van der Waals surface area contributed by atoms with E-state index in [1.54, 1.807) is 0 Å². The van der Waals surface area contributed by atoms with Crippen molar-refractivity contribution in [3.05, 3.63) is 24.3 Å². The van der Waals surface area contributed by atoms with Crippen LogP contribution in [0.1, 0.15) is 46.5 Å². The molecule has 1 saturated carbocycles. The maximum absolute atomic E-state index is 11.3. The summed E-state index contributed by atoms with van der Waals surface area (Å²) < 4.78 is 0. The van der Waals surface area contributed by atoms with Gasteiger partial charge in [-0.25, -0.2) is 0 Å². The van der Waals surface area contributed by atoms with Crippen LogP contribution in [0, 0.1) is 5.41 Å². The molecule has 1 fully saturated rings. The molecule has 0 bridgehead atoms. The Balaban J connectivity index is 1.97. The van der Waals surface area contributed by atoms with Gasteiger partial charge < -0.3 is 10.6 Å². The second-order valence-electron chi connectivity index (χ2n) is 6.06. The summed E-state index contributed by atoms with van der Waals surface area (Å²) in [5.74, 6) is 0.0534. The van der Waals surface area contributed by atoms with Crippen LogP contribution in [0.2, 0.25) is 0 Å². The molecule has 1 aromatic carbocycles. The van der Waals surface area contributed by atoms with Crippen LogP contribution in [0.15, 0.2) is 24.3 Å². The summed E-state index contributed by atoms with van der Waals surface area (Å²) in [6, 6.07) is 8.54. The van der Waals surface area contributed by atoms with E-state index >= 15 is 0 Å². The van der Waals surface area contributed by atoms with Crippen molar-refractivity contribution in [3.8, 4) is 0 Å². The fourth-order valence-corrected chi connectivity index (χ4v) is 2.69. The Kier molecular flexibility index (Phi) is 4.13. The zero-order chi connectivity index (χ0) is 13.9. The lowest BCUT2D eigenvalue weighted by molar-refractivity contribution is -0.115. The van der Waals surface area contributed by atoms with Gasteiger partial charge in [-0.15, -0.1) is 0 Å². The Morgan fingerprint density at radius 3 is 2.42 bits per heavy atom. The van der Waals surface area contributed by atoms with E-state index in [2.05, 4.69) is 24.5 Å². The quantitative estimate of drug-likeness (QED) is 0.858. The van der Waals surface area contributed by atoms with Crippen molar-refractivity contribution in [2.24, 2.45) is 5.41 Å². The third-order valence-corrected chi connectivity index (χ3v) is 4.09. The molecule has 2 N–H and O–H groups in total. The van der Waals surface area contributed by atoms with Gasteiger partial charge in [-0.05, 0) is 42.5 Å². The van der Waals surface area contributed by atoms with Gasteiger partial charge in [0.05, 0.1) is 0 Å². The van der Waals surface area contributed by atoms with Crippen molar-refractivity contribution in [3.63, 3.8) is 0 Å². The lowest BCUT2D eigenvalue weighted by Crippen LogP contribution is -2.30. The van der Waals surface area contributed by atoms with Gasteiger partial charge in [0, 0.05) is 23.8 Å². The van der Waals surface area contributed by atoms with Crippen LogP contribution in [0.3, 0.4) is 0 Å². The number of nitrogens with one attached hydrogen (secondary N) is 2. The van der Waals surface area contributed by atoms with Crippen LogP contribution in [-0.2, 0) is 4.79 Å². The van der Waals surface area contributed by atoms with Crippen molar-refractivity contribution in [1.29, 1.82) is 0 Å². The molecule has 3 nitrogen and oxygen atoms in total. The Labute approximate surface area is 115 Å². The minimum atomic E-state index is 0.0534. The van der Waals surface area contributed by atoms with Crippen LogP contribution >= 0.6 is 0 Å². The third kappa shape index (κ3) is 3.49. The Hall–Kier alpha value is -1.51. The van der Waals surface area contributed by atoms with Crippen molar-refractivity contribution >= 4 is 17.3 Å². The van der Waals surface area contributed by atoms with Gasteiger partial charge in [-0.1, -0.05) is 27.2 Å². The molecule has 2 rings (SSSR count). The number of rotatable bonds is 4. The summed E-state index contributed by atoms with van der Waals surface area (Å²) in [5, 5.41) is 6.47. The number of benzene rings is 1. The van der Waals surface area contributed by atoms with Crippen molar-refractivity contribution in [1.82, 2.24) is 0 Å². The van der Waals surface area contributed by atoms with E-state index in [0.717, 1.165) is 11.4 Å². The maximum Gasteiger partial charge on any atom is 0.224 e. The highest BCUT2D eigenvalue weighted by Crippen LogP contribution is 2.39. The molecule has 0 aliphatic heterocycles. The molecule has 0 saturated heterocycles. The molecule has 1 unspecified atom stereocenters. The van der Waals surface area contributed by atoms with Gasteiger partial charge in [0.15, 0.2) is 0 Å². The van der Waals surface area contributed by atoms with Gasteiger partial charge in [0.2, 0.25) is 5.91 Å². The molecule has 0 spiro atoms. The van der Waals surface area contributed by atoms with E-state index in [9.17, 15) is 4.79 Å². The van der Waals surface area contributed by atoms with Crippen LogP contribution in [-0.4, -0.2) is 11.9 Å². The molecule has 1 atom stereocenters. The molecule has 0 radical (unpaired) electrons. The minimum Gasteiger partial charge on any atom is -0.382 e. The molecule has 3 heteroatoms. The predicted molar refractivity (Wildman–Crippen MR) is 80.4 cm³/mol. The van der Waals surface area contributed by atoms with E-state index in [1.165, 1.54) is 19.3 Å². The number of carbonyl (C=O) groups excluding carboxylic acids is 1. The summed E-state index contributed by atoms with van der Waals surface area (Å²) in [4.78, 5) is 11.3. The Morgan fingerprint density at radius 2 is 1.89 bits per heavy atom. The van der Waals surface area contributed by atoms with Gasteiger partial charge in [0.1, 0.15) is 0 Å². The number of amides is 1. The second kappa shape index (κ2) is 5.64. The van der Waals surface area contributed by atoms with Crippen LogP contribution < -0.4 is 10.6 Å². The van der Waals surface area contributed by atoms with E-state index in [-0.39, 0.29) is 5.91 Å². The second-order valence-corrected chi connectivity index (χ2v) is 6.06. The average molecular weight is 260 g/mol. The topological polar surface area (TPSA) is 41.1 Å². The standard InChI is InChI=1S/C16H24N2O/c1-4-15(19)18-13-9-7-12(8-10-13)17-14-6-5-11-16(14,2)3/h7-10,14,17H,4-6,11H2,1-3H3,(H,18,19). The average Bonchev–Trinajstić information content (AvgIpc) is 2.71. The molecule has 1 amide bonds. The monoisotopic (exact) mass is 260 g/mol. The zero-order valence-electron chi connectivity index (χ0n) is 12.1. The third-order valence-electron chi connectivity index (χ3n) is 4.09. The first-order valence-electron chi connectivity index (χ1n) is 7.18. The van der Waals surface area contributed by atoms with Gasteiger partial charge >= 0.3 is 0 Å². The Morgan fingerprint density at radius 1 is 1.26 bits per heavy atom. The van der Waals surface area contributed by atoms with E-state index < -0.39 is 0 Å². The van der Waals surface area contributed by atoms with Gasteiger partial charge in [0.25, 0.3) is 0 Å². The molecule has 1 aliphatic carbocycles. The van der Waals surface area contributed by atoms with Crippen molar-refractivity contribution in [2.75, 3.05) is 10.6 Å². The van der Waals surface area contributed by atoms with E-state index in [0.29, 0.717) is 17.9 Å². The van der Waals surface area contributed by atoms with Crippen LogP contribution in [0.25, 0.3) is 0 Å². The van der Waals surface area contributed by atoms with E-state index in [4.69, 9.17) is 0 Å². The maximum atomic E-state index is 11.3. The Bertz CT molecular complexity index is 437. The van der Waals surface area contributed by atoms with Crippen molar-refractivity contribution < 1.29 is 4.79 Å². The first-order valence-corrected chi connectivity index (χ1v) is 7.18. The highest BCUT2D eigenvalue weighted by molar-refractivity contribution is 5.90. The molecule has 1 aromatic rings. The first kappa shape index (κ1) is 13.9. The van der Waals surface area contributed by atoms with Crippen LogP contribution in [0.4, 0.5) is 11.4 Å². The molecule has 0 heterocycles.